The number of hydrogen-bond donors (Lipinski definition) is 2. The molecule has 0 saturated heterocycles. The van der Waals surface area contributed by atoms with E-state index in [1.807, 2.05) is 30.3 Å². The molecule has 0 unspecified atom stereocenters. The predicted octanol–water partition coefficient (Wildman–Crippen LogP) is -0.407. The van der Waals surface area contributed by atoms with Crippen molar-refractivity contribution in [2.24, 2.45) is 0 Å². The molecule has 1 rings (SSSR count). The number of hydrogen-bond acceptors (Lipinski definition) is 2. The summed E-state index contributed by atoms with van der Waals surface area (Å²) in [6.45, 7) is 0. The molecule has 3 heteroatoms. The van der Waals surface area contributed by atoms with Gasteiger partial charge in [0.25, 0.3) is 0 Å². The summed E-state index contributed by atoms with van der Waals surface area (Å²) in [5, 5.41) is 12.0. The number of benzene rings is 1. The summed E-state index contributed by atoms with van der Waals surface area (Å²) in [6, 6.07) is 9.47. The van der Waals surface area contributed by atoms with Gasteiger partial charge in [0.05, 0.1) is 0 Å². The topological polar surface area (TPSA) is 32.3 Å². The highest BCUT2D eigenvalue weighted by Gasteiger charge is 2.08. The highest BCUT2D eigenvalue weighted by Crippen LogP contribution is 1.82. The largest absolute Gasteiger partial charge is 0.434 e. The molecule has 52 valence electrons. The fourth-order valence-corrected chi connectivity index (χ4v) is 0.802. The van der Waals surface area contributed by atoms with Gasteiger partial charge in [0, 0.05) is 0 Å². The van der Waals surface area contributed by atoms with Crippen LogP contribution in [0.25, 0.3) is 0 Å². The fourth-order valence-electron chi connectivity index (χ4n) is 0.802. The van der Waals surface area contributed by atoms with Crippen molar-refractivity contribution < 1.29 is 5.02 Å². The van der Waals surface area contributed by atoms with Crippen LogP contribution in [-0.2, 0) is 0 Å². The second kappa shape index (κ2) is 3.39. The zero-order valence-corrected chi connectivity index (χ0v) is 5.91. The van der Waals surface area contributed by atoms with E-state index in [0.717, 1.165) is 5.46 Å². The van der Waals surface area contributed by atoms with Gasteiger partial charge in [-0.15, -0.1) is 0 Å². The molecule has 0 heterocycles. The van der Waals surface area contributed by atoms with Crippen molar-refractivity contribution in [1.82, 2.24) is 5.23 Å². The van der Waals surface area contributed by atoms with Gasteiger partial charge in [-0.25, -0.2) is 0 Å². The Kier molecular flexibility index (Phi) is 2.48. The molecule has 2 N–H and O–H groups in total. The van der Waals surface area contributed by atoms with E-state index in [9.17, 15) is 5.02 Å². The molecular formula is C7H10BNO. The first-order valence-electron chi connectivity index (χ1n) is 3.25. The van der Waals surface area contributed by atoms with E-state index < -0.39 is 7.05 Å². The van der Waals surface area contributed by atoms with Gasteiger partial charge in [-0.2, -0.15) is 0 Å². The van der Waals surface area contributed by atoms with Gasteiger partial charge in [-0.1, -0.05) is 30.3 Å². The van der Waals surface area contributed by atoms with Gasteiger partial charge >= 0.3 is 7.05 Å². The normalized spacial score (nSPS) is 9.40. The molecule has 0 fully saturated rings. The van der Waals surface area contributed by atoms with Crippen LogP contribution in [0.3, 0.4) is 0 Å². The lowest BCUT2D eigenvalue weighted by atomic mass is 9.75. The molecule has 2 nitrogen and oxygen atoms in total. The van der Waals surface area contributed by atoms with Gasteiger partial charge in [-0.05, 0) is 12.5 Å². The summed E-state index contributed by atoms with van der Waals surface area (Å²) < 4.78 is 0. The van der Waals surface area contributed by atoms with Crippen molar-refractivity contribution >= 4 is 12.5 Å². The van der Waals surface area contributed by atoms with Crippen LogP contribution in [0.2, 0.25) is 0 Å². The van der Waals surface area contributed by atoms with Crippen LogP contribution in [0.5, 0.6) is 0 Å². The molecule has 0 aliphatic carbocycles. The molecule has 0 aliphatic heterocycles. The van der Waals surface area contributed by atoms with E-state index in [4.69, 9.17) is 0 Å². The molecule has 0 spiro atoms. The molecular weight excluding hydrogens is 125 g/mol. The summed E-state index contributed by atoms with van der Waals surface area (Å²) in [5.41, 5.74) is 0.894. The van der Waals surface area contributed by atoms with Crippen molar-refractivity contribution in [2.45, 2.75) is 0 Å². The Labute approximate surface area is 61.0 Å². The minimum atomic E-state index is -0.541. The molecule has 0 aliphatic rings. The van der Waals surface area contributed by atoms with Crippen molar-refractivity contribution in [3.8, 4) is 0 Å². The van der Waals surface area contributed by atoms with Gasteiger partial charge in [-0.3, -0.25) is 0 Å². The van der Waals surface area contributed by atoms with Gasteiger partial charge in [0.2, 0.25) is 0 Å². The lowest BCUT2D eigenvalue weighted by molar-refractivity contribution is 0.572. The molecule has 0 aromatic heterocycles. The second-order valence-corrected chi connectivity index (χ2v) is 2.10. The Hall–Kier alpha value is -0.795. The zero-order valence-electron chi connectivity index (χ0n) is 5.91. The average Bonchev–Trinajstić information content (AvgIpc) is 2.05. The molecule has 0 amide bonds. The monoisotopic (exact) mass is 135 g/mol. The van der Waals surface area contributed by atoms with E-state index in [1.54, 1.807) is 7.05 Å². The first-order chi connectivity index (χ1) is 4.84. The minimum Gasteiger partial charge on any atom is -0.434 e. The minimum absolute atomic E-state index is 0.541. The lowest BCUT2D eigenvalue weighted by Crippen LogP contribution is -2.42. The Balaban J connectivity index is 2.75. The lowest BCUT2D eigenvalue weighted by Gasteiger charge is -2.01. The SMILES string of the molecule is CNB(O)c1ccccc1. The maximum atomic E-state index is 9.22. The third-order valence-electron chi connectivity index (χ3n) is 1.39. The first kappa shape index (κ1) is 7.31. The summed E-state index contributed by atoms with van der Waals surface area (Å²) in [4.78, 5) is 0. The summed E-state index contributed by atoms with van der Waals surface area (Å²) >= 11 is 0. The van der Waals surface area contributed by atoms with E-state index in [-0.39, 0.29) is 0 Å². The van der Waals surface area contributed by atoms with Crippen LogP contribution >= 0.6 is 0 Å². The number of nitrogens with one attached hydrogen (secondary N) is 1. The maximum Gasteiger partial charge on any atom is 0.412 e. The maximum absolute atomic E-state index is 9.22. The van der Waals surface area contributed by atoms with Gasteiger partial charge in [0.1, 0.15) is 0 Å². The van der Waals surface area contributed by atoms with Gasteiger partial charge in [0.15, 0.2) is 0 Å². The van der Waals surface area contributed by atoms with Crippen LogP contribution < -0.4 is 10.7 Å². The van der Waals surface area contributed by atoms with Crippen LogP contribution in [-0.4, -0.2) is 19.1 Å². The Morgan fingerprint density at radius 1 is 1.30 bits per heavy atom. The third kappa shape index (κ3) is 1.59. The average molecular weight is 135 g/mol. The van der Waals surface area contributed by atoms with Crippen molar-refractivity contribution in [3.05, 3.63) is 30.3 Å². The van der Waals surface area contributed by atoms with Crippen LogP contribution in [0.1, 0.15) is 0 Å². The summed E-state index contributed by atoms with van der Waals surface area (Å²) in [5.74, 6) is 0. The molecule has 0 atom stereocenters. The number of rotatable bonds is 2. The molecule has 0 radical (unpaired) electrons. The fraction of sp³-hybridized carbons (Fsp3) is 0.143. The van der Waals surface area contributed by atoms with E-state index in [0.29, 0.717) is 0 Å². The standard InChI is InChI=1S/C7H10BNO/c1-9-8(10)7-5-3-2-4-6-7/h2-6,9-10H,1H3. The Bertz CT molecular complexity index is 190. The van der Waals surface area contributed by atoms with E-state index in [1.165, 1.54) is 0 Å². The highest BCUT2D eigenvalue weighted by molar-refractivity contribution is 6.63. The van der Waals surface area contributed by atoms with Gasteiger partial charge < -0.3 is 10.3 Å². The second-order valence-electron chi connectivity index (χ2n) is 2.10. The van der Waals surface area contributed by atoms with Crippen molar-refractivity contribution in [1.29, 1.82) is 0 Å². The Morgan fingerprint density at radius 3 is 2.40 bits per heavy atom. The molecule has 10 heavy (non-hydrogen) atoms. The van der Waals surface area contributed by atoms with Crippen LogP contribution in [0, 0.1) is 0 Å². The molecule has 1 aromatic rings. The van der Waals surface area contributed by atoms with E-state index >= 15 is 0 Å². The third-order valence-corrected chi connectivity index (χ3v) is 1.39. The molecule has 0 saturated carbocycles. The Morgan fingerprint density at radius 2 is 1.90 bits per heavy atom. The summed E-state index contributed by atoms with van der Waals surface area (Å²) in [6.07, 6.45) is 0. The smallest absolute Gasteiger partial charge is 0.412 e. The quantitative estimate of drug-likeness (QED) is 0.540. The van der Waals surface area contributed by atoms with Crippen molar-refractivity contribution in [3.63, 3.8) is 0 Å². The molecule has 1 aromatic carbocycles. The zero-order chi connectivity index (χ0) is 7.40. The van der Waals surface area contributed by atoms with Crippen molar-refractivity contribution in [2.75, 3.05) is 7.05 Å². The first-order valence-corrected chi connectivity index (χ1v) is 3.25. The summed E-state index contributed by atoms with van der Waals surface area (Å²) in [7, 11) is 1.18. The van der Waals surface area contributed by atoms with E-state index in [2.05, 4.69) is 5.23 Å². The van der Waals surface area contributed by atoms with Crippen LogP contribution in [0.4, 0.5) is 0 Å². The molecule has 0 bridgehead atoms. The van der Waals surface area contributed by atoms with Crippen LogP contribution in [0.15, 0.2) is 30.3 Å². The highest BCUT2D eigenvalue weighted by atomic mass is 16.2. The predicted molar refractivity (Wildman–Crippen MR) is 43.1 cm³/mol.